The number of rotatable bonds is 4. The molecular weight excluding hydrogens is 200 g/mol. The summed E-state index contributed by atoms with van der Waals surface area (Å²) in [5.74, 6) is 0.809. The highest BCUT2D eigenvalue weighted by Gasteiger charge is 2.00. The van der Waals surface area contributed by atoms with Gasteiger partial charge >= 0.3 is 0 Å². The number of carbonyl (C=O) groups excluding carboxylic acids is 1. The summed E-state index contributed by atoms with van der Waals surface area (Å²) in [5, 5.41) is 0. The quantitative estimate of drug-likeness (QED) is 0.728. The van der Waals surface area contributed by atoms with Crippen LogP contribution in [-0.4, -0.2) is 6.29 Å². The molecule has 0 aliphatic heterocycles. The highest BCUT2D eigenvalue weighted by molar-refractivity contribution is 5.77. The smallest absolute Gasteiger partial charge is 0.150 e. The predicted molar refractivity (Wildman–Crippen MR) is 62.6 cm³/mol. The molecule has 2 nitrogen and oxygen atoms in total. The van der Waals surface area contributed by atoms with Crippen LogP contribution in [0.1, 0.15) is 15.9 Å². The van der Waals surface area contributed by atoms with Gasteiger partial charge in [-0.3, -0.25) is 4.79 Å². The van der Waals surface area contributed by atoms with Crippen LogP contribution >= 0.6 is 0 Å². The van der Waals surface area contributed by atoms with Crippen LogP contribution in [0.3, 0.4) is 0 Å². The van der Waals surface area contributed by atoms with Crippen molar-refractivity contribution in [2.45, 2.75) is 6.61 Å². The highest BCUT2D eigenvalue weighted by Crippen LogP contribution is 2.13. The van der Waals surface area contributed by atoms with Gasteiger partial charge in [0.25, 0.3) is 0 Å². The summed E-state index contributed by atoms with van der Waals surface area (Å²) in [6, 6.07) is 17.0. The molecule has 0 radical (unpaired) electrons. The average Bonchev–Trinajstić information content (AvgIpc) is 2.38. The molecule has 0 bridgehead atoms. The van der Waals surface area contributed by atoms with Crippen LogP contribution in [-0.2, 0) is 6.61 Å². The fraction of sp³-hybridized carbons (Fsp3) is 0.0714. The number of hydrogen-bond donors (Lipinski definition) is 0. The molecule has 2 heteroatoms. The van der Waals surface area contributed by atoms with E-state index >= 15 is 0 Å². The lowest BCUT2D eigenvalue weighted by atomic mass is 10.1. The van der Waals surface area contributed by atoms with Gasteiger partial charge in [0, 0.05) is 5.56 Å². The summed E-state index contributed by atoms with van der Waals surface area (Å²) in [6.45, 7) is 0.416. The summed E-state index contributed by atoms with van der Waals surface area (Å²) < 4.78 is 5.58. The number of aldehydes is 1. The summed E-state index contributed by atoms with van der Waals surface area (Å²) in [4.78, 5) is 10.8. The van der Waals surface area contributed by atoms with Gasteiger partial charge in [-0.05, 0) is 17.7 Å². The third-order valence-electron chi connectivity index (χ3n) is 2.32. The van der Waals surface area contributed by atoms with Crippen molar-refractivity contribution in [2.24, 2.45) is 0 Å². The molecule has 2 rings (SSSR count). The maximum atomic E-state index is 10.8. The number of benzene rings is 2. The second-order valence-corrected chi connectivity index (χ2v) is 3.42. The SMILES string of the molecule is O=Cc1ccccc1COc1ccccc1. The van der Waals surface area contributed by atoms with E-state index in [0.717, 1.165) is 17.6 Å². The molecule has 0 amide bonds. The lowest BCUT2D eigenvalue weighted by Gasteiger charge is -2.07. The normalized spacial score (nSPS) is 9.75. The van der Waals surface area contributed by atoms with E-state index < -0.39 is 0 Å². The molecule has 2 aromatic carbocycles. The fourth-order valence-corrected chi connectivity index (χ4v) is 1.46. The Labute approximate surface area is 94.5 Å². The van der Waals surface area contributed by atoms with Crippen LogP contribution in [0.15, 0.2) is 54.6 Å². The highest BCUT2D eigenvalue weighted by atomic mass is 16.5. The number of para-hydroxylation sites is 1. The maximum Gasteiger partial charge on any atom is 0.150 e. The molecule has 0 atom stereocenters. The van der Waals surface area contributed by atoms with Crippen molar-refractivity contribution < 1.29 is 9.53 Å². The second-order valence-electron chi connectivity index (χ2n) is 3.42. The molecule has 0 saturated heterocycles. The van der Waals surface area contributed by atoms with E-state index in [-0.39, 0.29) is 0 Å². The van der Waals surface area contributed by atoms with E-state index in [0.29, 0.717) is 12.2 Å². The van der Waals surface area contributed by atoms with E-state index in [1.54, 1.807) is 6.07 Å². The fourth-order valence-electron chi connectivity index (χ4n) is 1.46. The van der Waals surface area contributed by atoms with E-state index in [1.807, 2.05) is 48.5 Å². The van der Waals surface area contributed by atoms with Crippen LogP contribution in [0, 0.1) is 0 Å². The standard InChI is InChI=1S/C14H12O2/c15-10-12-6-4-5-7-13(12)11-16-14-8-2-1-3-9-14/h1-10H,11H2. The van der Waals surface area contributed by atoms with Crippen molar-refractivity contribution in [3.8, 4) is 5.75 Å². The molecule has 2 aromatic rings. The van der Waals surface area contributed by atoms with Gasteiger partial charge in [0.1, 0.15) is 18.6 Å². The Bertz CT molecular complexity index is 463. The monoisotopic (exact) mass is 212 g/mol. The number of carbonyl (C=O) groups is 1. The Balaban J connectivity index is 2.08. The minimum Gasteiger partial charge on any atom is -0.489 e. The van der Waals surface area contributed by atoms with Gasteiger partial charge in [-0.15, -0.1) is 0 Å². The lowest BCUT2D eigenvalue weighted by Crippen LogP contribution is -1.99. The summed E-state index contributed by atoms with van der Waals surface area (Å²) in [6.07, 6.45) is 0.851. The largest absolute Gasteiger partial charge is 0.489 e. The van der Waals surface area contributed by atoms with Gasteiger partial charge < -0.3 is 4.74 Å². The van der Waals surface area contributed by atoms with Gasteiger partial charge in [0.05, 0.1) is 0 Å². The van der Waals surface area contributed by atoms with E-state index in [9.17, 15) is 4.79 Å². The zero-order chi connectivity index (χ0) is 11.2. The molecular formula is C14H12O2. The first-order valence-corrected chi connectivity index (χ1v) is 5.11. The van der Waals surface area contributed by atoms with E-state index in [4.69, 9.17) is 4.74 Å². The van der Waals surface area contributed by atoms with Crippen molar-refractivity contribution in [2.75, 3.05) is 0 Å². The first kappa shape index (κ1) is 10.4. The molecule has 80 valence electrons. The third-order valence-corrected chi connectivity index (χ3v) is 2.32. The number of ether oxygens (including phenoxy) is 1. The Morgan fingerprint density at radius 3 is 2.38 bits per heavy atom. The molecule has 0 aliphatic rings. The second kappa shape index (κ2) is 5.12. The average molecular weight is 212 g/mol. The Morgan fingerprint density at radius 1 is 0.938 bits per heavy atom. The first-order chi connectivity index (χ1) is 7.90. The van der Waals surface area contributed by atoms with Gasteiger partial charge in [-0.1, -0.05) is 42.5 Å². The minimum absolute atomic E-state index is 0.416. The van der Waals surface area contributed by atoms with E-state index in [2.05, 4.69) is 0 Å². The van der Waals surface area contributed by atoms with Crippen molar-refractivity contribution in [3.05, 3.63) is 65.7 Å². The zero-order valence-corrected chi connectivity index (χ0v) is 8.80. The molecule has 0 aromatic heterocycles. The molecule has 0 heterocycles. The molecule has 0 spiro atoms. The maximum absolute atomic E-state index is 10.8. The summed E-state index contributed by atoms with van der Waals surface area (Å²) >= 11 is 0. The molecule has 0 N–H and O–H groups in total. The molecule has 16 heavy (non-hydrogen) atoms. The zero-order valence-electron chi connectivity index (χ0n) is 8.80. The van der Waals surface area contributed by atoms with Crippen LogP contribution in [0.25, 0.3) is 0 Å². The van der Waals surface area contributed by atoms with Gasteiger partial charge in [0.2, 0.25) is 0 Å². The van der Waals surface area contributed by atoms with Gasteiger partial charge in [-0.25, -0.2) is 0 Å². The Morgan fingerprint density at radius 2 is 1.62 bits per heavy atom. The van der Waals surface area contributed by atoms with Crippen molar-refractivity contribution in [1.82, 2.24) is 0 Å². The predicted octanol–water partition coefficient (Wildman–Crippen LogP) is 3.08. The summed E-state index contributed by atoms with van der Waals surface area (Å²) in [5.41, 5.74) is 1.58. The third kappa shape index (κ3) is 2.48. The first-order valence-electron chi connectivity index (χ1n) is 5.11. The Hall–Kier alpha value is -2.09. The Kier molecular flexibility index (Phi) is 3.34. The molecule has 0 fully saturated rings. The van der Waals surface area contributed by atoms with Crippen molar-refractivity contribution in [1.29, 1.82) is 0 Å². The molecule has 0 unspecified atom stereocenters. The van der Waals surface area contributed by atoms with Crippen molar-refractivity contribution in [3.63, 3.8) is 0 Å². The summed E-state index contributed by atoms with van der Waals surface area (Å²) in [7, 11) is 0. The minimum atomic E-state index is 0.416. The topological polar surface area (TPSA) is 26.3 Å². The van der Waals surface area contributed by atoms with Crippen LogP contribution in [0.5, 0.6) is 5.75 Å². The van der Waals surface area contributed by atoms with E-state index in [1.165, 1.54) is 0 Å². The van der Waals surface area contributed by atoms with Gasteiger partial charge in [0.15, 0.2) is 0 Å². The van der Waals surface area contributed by atoms with Crippen LogP contribution < -0.4 is 4.74 Å². The van der Waals surface area contributed by atoms with Crippen LogP contribution in [0.2, 0.25) is 0 Å². The molecule has 0 saturated carbocycles. The lowest BCUT2D eigenvalue weighted by molar-refractivity contribution is 0.112. The van der Waals surface area contributed by atoms with Gasteiger partial charge in [-0.2, -0.15) is 0 Å². The van der Waals surface area contributed by atoms with Crippen LogP contribution in [0.4, 0.5) is 0 Å². The number of hydrogen-bond acceptors (Lipinski definition) is 2. The van der Waals surface area contributed by atoms with Crippen molar-refractivity contribution >= 4 is 6.29 Å². The molecule has 0 aliphatic carbocycles.